The van der Waals surface area contributed by atoms with Gasteiger partial charge in [0, 0.05) is 26.9 Å². The van der Waals surface area contributed by atoms with Crippen LogP contribution in [0.4, 0.5) is 16.2 Å². The minimum absolute atomic E-state index is 0. The van der Waals surface area contributed by atoms with Crippen LogP contribution in [0.1, 0.15) is 84.6 Å². The molecule has 0 radical (unpaired) electrons. The second kappa shape index (κ2) is 21.1. The molecular weight excluding hydrogens is 737 g/mol. The maximum Gasteiger partial charge on any atom is 0.407 e. The zero-order valence-electron chi connectivity index (χ0n) is 36.7. The van der Waals surface area contributed by atoms with Gasteiger partial charge in [0.25, 0.3) is 0 Å². The van der Waals surface area contributed by atoms with Crippen molar-refractivity contribution in [1.29, 1.82) is 0 Å². The Morgan fingerprint density at radius 1 is 0.643 bits per heavy atom. The highest BCUT2D eigenvalue weighted by atomic mass is 28.4. The molecule has 0 bridgehead atoms. The van der Waals surface area contributed by atoms with Crippen LogP contribution in [-0.4, -0.2) is 61.7 Å². The van der Waals surface area contributed by atoms with Gasteiger partial charge in [0.1, 0.15) is 13.2 Å². The molecule has 12 heteroatoms. The average molecular weight is 809 g/mol. The fourth-order valence-electron chi connectivity index (χ4n) is 4.87. The predicted molar refractivity (Wildman–Crippen MR) is 238 cm³/mol. The van der Waals surface area contributed by atoms with Crippen molar-refractivity contribution >= 4 is 45.9 Å². The summed E-state index contributed by atoms with van der Waals surface area (Å²) in [7, 11) is -0.189. The first kappa shape index (κ1) is 48.3. The standard InChI is InChI=1S/C26H38N2O4Si.C18H32N2O2Si.H2/c1-8-20-14-22(19-32-33(6,7)26(2,3)4)16-23(15-20)28(5)24(29)17-27-25(30)31-18-21-12-10-9-11-13-21;1-8-14-9-15(13-22-23(6,7)18(2,3)4)11-16(10-14)20(5)17(21)12-19;/h9-16H,8,17-19H2,1-7H3,(H,27,30);9-11H,8,12-13,19H2,1-7H3;1H. The van der Waals surface area contributed by atoms with Gasteiger partial charge in [0.15, 0.2) is 16.6 Å². The van der Waals surface area contributed by atoms with Crippen molar-refractivity contribution in [2.24, 2.45) is 5.73 Å². The maximum absolute atomic E-state index is 12.7. The van der Waals surface area contributed by atoms with E-state index in [0.29, 0.717) is 13.2 Å². The second-order valence-corrected chi connectivity index (χ2v) is 27.0. The predicted octanol–water partition coefficient (Wildman–Crippen LogP) is 9.60. The highest BCUT2D eigenvalue weighted by molar-refractivity contribution is 6.74. The van der Waals surface area contributed by atoms with Crippen LogP contribution in [0.25, 0.3) is 0 Å². The molecule has 10 nitrogen and oxygen atoms in total. The van der Waals surface area contributed by atoms with E-state index < -0.39 is 22.7 Å². The summed E-state index contributed by atoms with van der Waals surface area (Å²) in [5, 5.41) is 2.85. The first-order valence-electron chi connectivity index (χ1n) is 19.7. The summed E-state index contributed by atoms with van der Waals surface area (Å²) in [6, 6.07) is 21.8. The molecule has 0 unspecified atom stereocenters. The molecule has 0 saturated heterocycles. The van der Waals surface area contributed by atoms with E-state index in [9.17, 15) is 14.4 Å². The van der Waals surface area contributed by atoms with E-state index in [4.69, 9.17) is 19.3 Å². The van der Waals surface area contributed by atoms with Gasteiger partial charge in [-0.15, -0.1) is 0 Å². The summed E-state index contributed by atoms with van der Waals surface area (Å²) in [6.07, 6.45) is 1.16. The fraction of sp³-hybridized carbons (Fsp3) is 0.523. The first-order valence-corrected chi connectivity index (χ1v) is 25.5. The highest BCUT2D eigenvalue weighted by Gasteiger charge is 2.38. The van der Waals surface area contributed by atoms with Crippen LogP contribution in [0, 0.1) is 0 Å². The Balaban J connectivity index is 0.000000597. The molecule has 3 aromatic rings. The fourth-order valence-corrected chi connectivity index (χ4v) is 6.80. The normalized spacial score (nSPS) is 12.0. The molecular formula is C44H72N4O6Si2. The van der Waals surface area contributed by atoms with Crippen LogP contribution >= 0.6 is 0 Å². The Kier molecular flexibility index (Phi) is 18.2. The molecule has 0 atom stereocenters. The molecule has 0 fully saturated rings. The summed E-state index contributed by atoms with van der Waals surface area (Å²) >= 11 is 0. The third kappa shape index (κ3) is 14.9. The number of benzene rings is 3. The number of hydrogen-bond acceptors (Lipinski definition) is 7. The minimum atomic E-state index is -1.88. The smallest absolute Gasteiger partial charge is 0.407 e. The van der Waals surface area contributed by atoms with Crippen molar-refractivity contribution in [2.75, 3.05) is 37.0 Å². The van der Waals surface area contributed by atoms with Crippen LogP contribution in [0.3, 0.4) is 0 Å². The number of carbonyl (C=O) groups excluding carboxylic acids is 3. The summed E-state index contributed by atoms with van der Waals surface area (Å²) in [5.74, 6) is -0.314. The van der Waals surface area contributed by atoms with Crippen molar-refractivity contribution in [2.45, 2.75) is 124 Å². The number of nitrogens with one attached hydrogen (secondary N) is 1. The number of anilines is 2. The van der Waals surface area contributed by atoms with E-state index in [0.717, 1.165) is 46.5 Å². The zero-order valence-corrected chi connectivity index (χ0v) is 38.7. The summed E-state index contributed by atoms with van der Waals surface area (Å²) in [6.45, 7) is 27.7. The number of aryl methyl sites for hydroxylation is 2. The SMILES string of the molecule is CCc1cc(CO[Si](C)(C)C(C)(C)C)cc(N(C)C(=O)CN)c1.CCc1cc(CO[Si](C)(C)C(C)(C)C)cc(N(C)C(=O)CNC(=O)OCc2ccccc2)c1.[HH]. The lowest BCUT2D eigenvalue weighted by Gasteiger charge is -2.36. The minimum Gasteiger partial charge on any atom is -0.445 e. The molecule has 3 N–H and O–H groups in total. The molecule has 3 amide bonds. The number of rotatable bonds is 15. The van der Waals surface area contributed by atoms with Crippen molar-refractivity contribution in [3.63, 3.8) is 0 Å². The summed E-state index contributed by atoms with van der Waals surface area (Å²) in [5.41, 5.74) is 12.5. The Bertz CT molecular complexity index is 1740. The molecule has 0 aromatic heterocycles. The number of ether oxygens (including phenoxy) is 1. The van der Waals surface area contributed by atoms with Crippen molar-refractivity contribution in [3.8, 4) is 0 Å². The van der Waals surface area contributed by atoms with Gasteiger partial charge in [-0.25, -0.2) is 4.79 Å². The van der Waals surface area contributed by atoms with Crippen LogP contribution in [0.2, 0.25) is 36.3 Å². The van der Waals surface area contributed by atoms with Gasteiger partial charge in [-0.05, 0) is 101 Å². The molecule has 0 aliphatic carbocycles. The largest absolute Gasteiger partial charge is 0.445 e. The molecule has 56 heavy (non-hydrogen) atoms. The first-order chi connectivity index (χ1) is 25.9. The van der Waals surface area contributed by atoms with E-state index in [-0.39, 0.29) is 43.0 Å². The van der Waals surface area contributed by atoms with Crippen molar-refractivity contribution in [1.82, 2.24) is 5.32 Å². The number of likely N-dealkylation sites (N-methyl/N-ethyl adjacent to an activating group) is 2. The molecule has 0 heterocycles. The van der Waals surface area contributed by atoms with Gasteiger partial charge in [-0.1, -0.05) is 97.9 Å². The molecule has 0 aliphatic rings. The number of amides is 3. The number of hydrogen-bond donors (Lipinski definition) is 2. The third-order valence-electron chi connectivity index (χ3n) is 11.0. The zero-order chi connectivity index (χ0) is 42.5. The lowest BCUT2D eigenvalue weighted by Crippen LogP contribution is -2.40. The quantitative estimate of drug-likeness (QED) is 0.147. The van der Waals surface area contributed by atoms with Crippen LogP contribution < -0.4 is 20.9 Å². The highest BCUT2D eigenvalue weighted by Crippen LogP contribution is 2.38. The number of carbonyl (C=O) groups is 3. The molecule has 3 aromatic carbocycles. The maximum atomic E-state index is 12.7. The Labute approximate surface area is 341 Å². The van der Waals surface area contributed by atoms with Crippen molar-refractivity contribution < 1.29 is 29.4 Å². The van der Waals surface area contributed by atoms with Crippen LogP contribution in [0.15, 0.2) is 66.7 Å². The van der Waals surface area contributed by atoms with E-state index in [1.54, 1.807) is 23.9 Å². The Hall–Kier alpha value is -3.82. The Morgan fingerprint density at radius 2 is 1.05 bits per heavy atom. The monoisotopic (exact) mass is 808 g/mol. The van der Waals surface area contributed by atoms with E-state index in [1.165, 1.54) is 5.56 Å². The lowest BCUT2D eigenvalue weighted by atomic mass is 10.1. The van der Waals surface area contributed by atoms with Crippen LogP contribution in [-0.2, 0) is 55.8 Å². The van der Waals surface area contributed by atoms with Gasteiger partial charge in [0.2, 0.25) is 11.8 Å². The lowest BCUT2D eigenvalue weighted by molar-refractivity contribution is -0.118. The average Bonchev–Trinajstić information content (AvgIpc) is 3.16. The van der Waals surface area contributed by atoms with E-state index >= 15 is 0 Å². The number of nitrogens with zero attached hydrogens (tertiary/aromatic N) is 2. The van der Waals surface area contributed by atoms with Crippen molar-refractivity contribution in [3.05, 3.63) is 94.5 Å². The van der Waals surface area contributed by atoms with Gasteiger partial charge in [-0.2, -0.15) is 0 Å². The molecule has 0 spiro atoms. The van der Waals surface area contributed by atoms with Gasteiger partial charge >= 0.3 is 6.09 Å². The van der Waals surface area contributed by atoms with Crippen LogP contribution in [0.5, 0.6) is 0 Å². The summed E-state index contributed by atoms with van der Waals surface area (Å²) < 4.78 is 17.9. The third-order valence-corrected chi connectivity index (χ3v) is 20.0. The van der Waals surface area contributed by atoms with E-state index in [2.05, 4.69) is 99.0 Å². The Morgan fingerprint density at radius 3 is 1.45 bits per heavy atom. The second-order valence-electron chi connectivity index (χ2n) is 17.3. The molecule has 3 rings (SSSR count). The molecule has 0 saturated carbocycles. The van der Waals surface area contributed by atoms with Gasteiger partial charge < -0.3 is 34.4 Å². The van der Waals surface area contributed by atoms with Gasteiger partial charge in [0.05, 0.1) is 19.8 Å². The number of nitrogens with two attached hydrogens (primary N) is 1. The molecule has 312 valence electrons. The topological polar surface area (TPSA) is 123 Å². The number of alkyl carbamates (subject to hydrolysis) is 1. The van der Waals surface area contributed by atoms with Gasteiger partial charge in [-0.3, -0.25) is 9.59 Å². The van der Waals surface area contributed by atoms with E-state index in [1.807, 2.05) is 54.6 Å². The molecule has 0 aliphatic heterocycles. The summed E-state index contributed by atoms with van der Waals surface area (Å²) in [4.78, 5) is 39.7.